The summed E-state index contributed by atoms with van der Waals surface area (Å²) in [7, 11) is 0. The smallest absolute Gasteiger partial charge is 0.239 e. The second-order valence-corrected chi connectivity index (χ2v) is 8.14. The van der Waals surface area contributed by atoms with Crippen molar-refractivity contribution in [1.82, 2.24) is 4.90 Å². The molecule has 3 rings (SSSR count). The molecule has 0 saturated carbocycles. The van der Waals surface area contributed by atoms with Crippen molar-refractivity contribution in [2.24, 2.45) is 5.41 Å². The minimum Gasteiger partial charge on any atom is -0.368 e. The first kappa shape index (κ1) is 20.2. The van der Waals surface area contributed by atoms with Crippen molar-refractivity contribution in [1.29, 1.82) is 0 Å². The van der Waals surface area contributed by atoms with Gasteiger partial charge in [-0.15, -0.1) is 0 Å². The zero-order valence-electron chi connectivity index (χ0n) is 16.5. The number of hydrogen-bond donors (Lipinski definition) is 1. The highest BCUT2D eigenvalue weighted by Gasteiger charge is 2.40. The standard InChI is InChI=1S/C22H26ClN3O2/c1-16-7-9-18(10-8-16)24-20(27)22(2,3)21(28)26-13-11-25(12-14-26)19-6-4-5-17(23)15-19/h4-10,15H,11-14H2,1-3H3,(H,24,27). The summed E-state index contributed by atoms with van der Waals surface area (Å²) < 4.78 is 0. The molecule has 0 unspecified atom stereocenters. The molecule has 0 bridgehead atoms. The average Bonchev–Trinajstić information content (AvgIpc) is 2.69. The van der Waals surface area contributed by atoms with Gasteiger partial charge in [0.2, 0.25) is 11.8 Å². The maximum Gasteiger partial charge on any atom is 0.239 e. The number of amides is 2. The van der Waals surface area contributed by atoms with Crippen molar-refractivity contribution >= 4 is 34.8 Å². The van der Waals surface area contributed by atoms with Gasteiger partial charge in [0.05, 0.1) is 0 Å². The fourth-order valence-electron chi connectivity index (χ4n) is 3.26. The molecule has 1 aliphatic heterocycles. The topological polar surface area (TPSA) is 52.7 Å². The third-order valence-electron chi connectivity index (χ3n) is 5.15. The number of aryl methyl sites for hydroxylation is 1. The van der Waals surface area contributed by atoms with E-state index in [1.165, 1.54) is 0 Å². The summed E-state index contributed by atoms with van der Waals surface area (Å²) in [6.07, 6.45) is 0. The lowest BCUT2D eigenvalue weighted by Gasteiger charge is -2.39. The van der Waals surface area contributed by atoms with Crippen LogP contribution in [-0.2, 0) is 9.59 Å². The maximum atomic E-state index is 13.0. The summed E-state index contributed by atoms with van der Waals surface area (Å²) in [5, 5.41) is 3.56. The van der Waals surface area contributed by atoms with E-state index >= 15 is 0 Å². The first-order valence-corrected chi connectivity index (χ1v) is 9.83. The quantitative estimate of drug-likeness (QED) is 0.791. The van der Waals surface area contributed by atoms with Gasteiger partial charge in [-0.2, -0.15) is 0 Å². The summed E-state index contributed by atoms with van der Waals surface area (Å²) >= 11 is 6.08. The van der Waals surface area contributed by atoms with Crippen LogP contribution < -0.4 is 10.2 Å². The number of halogens is 1. The molecule has 1 heterocycles. The second-order valence-electron chi connectivity index (χ2n) is 7.70. The highest BCUT2D eigenvalue weighted by atomic mass is 35.5. The van der Waals surface area contributed by atoms with Gasteiger partial charge in [-0.1, -0.05) is 35.4 Å². The van der Waals surface area contributed by atoms with Crippen LogP contribution in [0.1, 0.15) is 19.4 Å². The normalized spacial score (nSPS) is 14.7. The molecule has 2 amide bonds. The molecular weight excluding hydrogens is 374 g/mol. The van der Waals surface area contributed by atoms with E-state index in [0.717, 1.165) is 11.3 Å². The van der Waals surface area contributed by atoms with Crippen LogP contribution >= 0.6 is 11.6 Å². The van der Waals surface area contributed by atoms with Crippen molar-refractivity contribution in [2.45, 2.75) is 20.8 Å². The summed E-state index contributed by atoms with van der Waals surface area (Å²) in [6, 6.07) is 15.3. The minimum absolute atomic E-state index is 0.150. The zero-order valence-corrected chi connectivity index (χ0v) is 17.3. The first-order valence-electron chi connectivity index (χ1n) is 9.45. The molecule has 148 valence electrons. The number of hydrogen-bond acceptors (Lipinski definition) is 3. The van der Waals surface area contributed by atoms with Gasteiger partial charge in [-0.3, -0.25) is 9.59 Å². The van der Waals surface area contributed by atoms with Gasteiger partial charge in [0, 0.05) is 42.6 Å². The Morgan fingerprint density at radius 3 is 2.25 bits per heavy atom. The SMILES string of the molecule is Cc1ccc(NC(=O)C(C)(C)C(=O)N2CCN(c3cccc(Cl)c3)CC2)cc1. The van der Waals surface area contributed by atoms with Crippen LogP contribution in [0.25, 0.3) is 0 Å². The number of benzene rings is 2. The van der Waals surface area contributed by atoms with Gasteiger partial charge in [0.15, 0.2) is 0 Å². The molecule has 0 aliphatic carbocycles. The van der Waals surface area contributed by atoms with Gasteiger partial charge in [-0.05, 0) is 51.1 Å². The number of anilines is 2. The van der Waals surface area contributed by atoms with Crippen LogP contribution in [0.15, 0.2) is 48.5 Å². The largest absolute Gasteiger partial charge is 0.368 e. The van der Waals surface area contributed by atoms with E-state index in [1.807, 2.05) is 55.5 Å². The lowest BCUT2D eigenvalue weighted by molar-refractivity contribution is -0.146. The molecule has 2 aromatic carbocycles. The van der Waals surface area contributed by atoms with Gasteiger partial charge in [0.1, 0.15) is 5.41 Å². The van der Waals surface area contributed by atoms with Crippen LogP contribution in [0, 0.1) is 12.3 Å². The lowest BCUT2D eigenvalue weighted by atomic mass is 9.89. The summed E-state index contributed by atoms with van der Waals surface area (Å²) in [5.41, 5.74) is 1.73. The molecule has 1 saturated heterocycles. The number of carbonyl (C=O) groups excluding carboxylic acids is 2. The molecule has 1 fully saturated rings. The predicted octanol–water partition coefficient (Wildman–Crippen LogP) is 3.96. The monoisotopic (exact) mass is 399 g/mol. The van der Waals surface area contributed by atoms with E-state index in [0.29, 0.717) is 36.9 Å². The molecule has 0 atom stereocenters. The average molecular weight is 400 g/mol. The molecule has 1 aliphatic rings. The molecule has 28 heavy (non-hydrogen) atoms. The Kier molecular flexibility index (Phi) is 5.94. The third-order valence-corrected chi connectivity index (χ3v) is 5.39. The van der Waals surface area contributed by atoms with Crippen molar-refractivity contribution < 1.29 is 9.59 Å². The van der Waals surface area contributed by atoms with Crippen LogP contribution in [0.2, 0.25) is 5.02 Å². The summed E-state index contributed by atoms with van der Waals surface area (Å²) in [5.74, 6) is -0.443. The maximum absolute atomic E-state index is 13.0. The van der Waals surface area contributed by atoms with Crippen LogP contribution in [0.3, 0.4) is 0 Å². The highest BCUT2D eigenvalue weighted by Crippen LogP contribution is 2.25. The number of nitrogens with one attached hydrogen (secondary N) is 1. The fourth-order valence-corrected chi connectivity index (χ4v) is 3.44. The predicted molar refractivity (Wildman–Crippen MR) is 114 cm³/mol. The molecule has 5 nitrogen and oxygen atoms in total. The summed E-state index contributed by atoms with van der Waals surface area (Å²) in [4.78, 5) is 29.7. The van der Waals surface area contributed by atoms with Gasteiger partial charge < -0.3 is 15.1 Å². The van der Waals surface area contributed by atoms with Gasteiger partial charge in [0.25, 0.3) is 0 Å². The van der Waals surface area contributed by atoms with E-state index in [4.69, 9.17) is 11.6 Å². The van der Waals surface area contributed by atoms with E-state index < -0.39 is 5.41 Å². The number of piperazine rings is 1. The van der Waals surface area contributed by atoms with Crippen LogP contribution in [0.4, 0.5) is 11.4 Å². The molecule has 0 radical (unpaired) electrons. The minimum atomic E-state index is -1.14. The van der Waals surface area contributed by atoms with Crippen molar-refractivity contribution in [3.05, 3.63) is 59.1 Å². The highest BCUT2D eigenvalue weighted by molar-refractivity contribution is 6.30. The molecular formula is C22H26ClN3O2. The zero-order chi connectivity index (χ0) is 20.3. The first-order chi connectivity index (χ1) is 13.3. The Morgan fingerprint density at radius 1 is 1.00 bits per heavy atom. The third kappa shape index (κ3) is 4.47. The van der Waals surface area contributed by atoms with Crippen LogP contribution in [-0.4, -0.2) is 42.9 Å². The van der Waals surface area contributed by atoms with Gasteiger partial charge in [-0.25, -0.2) is 0 Å². The Labute approximate surface area is 171 Å². The molecule has 6 heteroatoms. The van der Waals surface area contributed by atoms with E-state index in [2.05, 4.69) is 10.2 Å². The van der Waals surface area contributed by atoms with Crippen molar-refractivity contribution in [3.8, 4) is 0 Å². The fraction of sp³-hybridized carbons (Fsp3) is 0.364. The van der Waals surface area contributed by atoms with E-state index in [1.54, 1.807) is 18.7 Å². The van der Waals surface area contributed by atoms with Crippen LogP contribution in [0.5, 0.6) is 0 Å². The number of carbonyl (C=O) groups is 2. The Balaban J connectivity index is 1.61. The molecule has 0 spiro atoms. The molecule has 0 aromatic heterocycles. The van der Waals surface area contributed by atoms with E-state index in [9.17, 15) is 9.59 Å². The van der Waals surface area contributed by atoms with Gasteiger partial charge >= 0.3 is 0 Å². The molecule has 1 N–H and O–H groups in total. The Hall–Kier alpha value is -2.53. The van der Waals surface area contributed by atoms with Crippen molar-refractivity contribution in [3.63, 3.8) is 0 Å². The Morgan fingerprint density at radius 2 is 1.64 bits per heavy atom. The van der Waals surface area contributed by atoms with E-state index in [-0.39, 0.29) is 11.8 Å². The number of rotatable bonds is 4. The molecule has 2 aromatic rings. The Bertz CT molecular complexity index is 856. The lowest BCUT2D eigenvalue weighted by Crippen LogP contribution is -2.54. The van der Waals surface area contributed by atoms with Crippen molar-refractivity contribution in [2.75, 3.05) is 36.4 Å². The number of nitrogens with zero attached hydrogens (tertiary/aromatic N) is 2. The summed E-state index contributed by atoms with van der Waals surface area (Å²) in [6.45, 7) is 7.93. The second kappa shape index (κ2) is 8.23.